The quantitative estimate of drug-likeness (QED) is 0.835. The Morgan fingerprint density at radius 1 is 1.33 bits per heavy atom. The van der Waals surface area contributed by atoms with E-state index in [1.54, 1.807) is 18.4 Å². The number of nitrogens with zero attached hydrogens (tertiary/aromatic N) is 1. The van der Waals surface area contributed by atoms with E-state index in [-0.39, 0.29) is 0 Å². The van der Waals surface area contributed by atoms with Gasteiger partial charge in [-0.1, -0.05) is 43.6 Å². The van der Waals surface area contributed by atoms with E-state index in [1.165, 1.54) is 4.88 Å². The number of benzene rings is 1. The first-order chi connectivity index (χ1) is 10.1. The molecule has 0 saturated heterocycles. The van der Waals surface area contributed by atoms with E-state index in [0.29, 0.717) is 12.6 Å². The summed E-state index contributed by atoms with van der Waals surface area (Å²) in [4.78, 5) is 5.95. The SMILES string of the molecule is COCc1nc(Cc2ccccc2Cl)sc1CNC(C)C. The highest BCUT2D eigenvalue weighted by Crippen LogP contribution is 2.25. The molecule has 1 aromatic carbocycles. The van der Waals surface area contributed by atoms with Crippen molar-refractivity contribution in [2.45, 2.75) is 39.5 Å². The molecule has 0 amide bonds. The second-order valence-corrected chi connectivity index (χ2v) is 6.79. The summed E-state index contributed by atoms with van der Waals surface area (Å²) in [5, 5.41) is 5.31. The first kappa shape index (κ1) is 16.4. The summed E-state index contributed by atoms with van der Waals surface area (Å²) in [7, 11) is 1.70. The van der Waals surface area contributed by atoms with Crippen LogP contribution in [-0.2, 0) is 24.3 Å². The molecule has 0 bridgehead atoms. The molecule has 5 heteroatoms. The van der Waals surface area contributed by atoms with Crippen LogP contribution in [0, 0.1) is 0 Å². The first-order valence-corrected chi connectivity index (χ1v) is 8.22. The van der Waals surface area contributed by atoms with E-state index < -0.39 is 0 Å². The van der Waals surface area contributed by atoms with E-state index in [2.05, 4.69) is 19.2 Å². The highest BCUT2D eigenvalue weighted by Gasteiger charge is 2.12. The van der Waals surface area contributed by atoms with E-state index in [9.17, 15) is 0 Å². The number of rotatable bonds is 7. The zero-order valence-corrected chi connectivity index (χ0v) is 14.2. The monoisotopic (exact) mass is 324 g/mol. The molecule has 0 saturated carbocycles. The Morgan fingerprint density at radius 2 is 2.10 bits per heavy atom. The van der Waals surface area contributed by atoms with Crippen LogP contribution >= 0.6 is 22.9 Å². The maximum Gasteiger partial charge on any atom is 0.0977 e. The molecule has 0 aliphatic rings. The molecule has 0 spiro atoms. The van der Waals surface area contributed by atoms with Crippen molar-refractivity contribution >= 4 is 22.9 Å². The van der Waals surface area contributed by atoms with Gasteiger partial charge in [-0.05, 0) is 11.6 Å². The van der Waals surface area contributed by atoms with Crippen molar-refractivity contribution in [3.8, 4) is 0 Å². The van der Waals surface area contributed by atoms with E-state index in [0.717, 1.165) is 34.3 Å². The van der Waals surface area contributed by atoms with Gasteiger partial charge >= 0.3 is 0 Å². The lowest BCUT2D eigenvalue weighted by Gasteiger charge is -2.07. The molecular formula is C16H21ClN2OS. The van der Waals surface area contributed by atoms with Crippen LogP contribution in [0.2, 0.25) is 5.02 Å². The molecule has 1 N–H and O–H groups in total. The topological polar surface area (TPSA) is 34.1 Å². The highest BCUT2D eigenvalue weighted by atomic mass is 35.5. The second kappa shape index (κ2) is 7.90. The third-order valence-electron chi connectivity index (χ3n) is 3.07. The van der Waals surface area contributed by atoms with Gasteiger partial charge in [-0.2, -0.15) is 0 Å². The van der Waals surface area contributed by atoms with Crippen LogP contribution in [0.15, 0.2) is 24.3 Å². The van der Waals surface area contributed by atoms with Gasteiger partial charge in [0.15, 0.2) is 0 Å². The predicted octanol–water partition coefficient (Wildman–Crippen LogP) is 4.03. The minimum Gasteiger partial charge on any atom is -0.378 e. The van der Waals surface area contributed by atoms with Crippen molar-refractivity contribution in [3.63, 3.8) is 0 Å². The number of thiazole rings is 1. The molecule has 0 fully saturated rings. The molecule has 114 valence electrons. The van der Waals surface area contributed by atoms with Gasteiger partial charge < -0.3 is 10.1 Å². The largest absolute Gasteiger partial charge is 0.378 e. The van der Waals surface area contributed by atoms with Gasteiger partial charge in [-0.25, -0.2) is 4.98 Å². The molecule has 0 atom stereocenters. The Labute approximate surface area is 135 Å². The van der Waals surface area contributed by atoms with Crippen LogP contribution in [0.25, 0.3) is 0 Å². The average Bonchev–Trinajstić information content (AvgIpc) is 2.81. The molecule has 0 radical (unpaired) electrons. The molecule has 21 heavy (non-hydrogen) atoms. The smallest absolute Gasteiger partial charge is 0.0977 e. The molecular weight excluding hydrogens is 304 g/mol. The van der Waals surface area contributed by atoms with Crippen molar-refractivity contribution in [2.24, 2.45) is 0 Å². The Bertz CT molecular complexity index is 583. The average molecular weight is 325 g/mol. The van der Waals surface area contributed by atoms with E-state index in [4.69, 9.17) is 21.3 Å². The van der Waals surface area contributed by atoms with Gasteiger partial charge in [-0.15, -0.1) is 11.3 Å². The number of methoxy groups -OCH3 is 1. The second-order valence-electron chi connectivity index (χ2n) is 5.21. The van der Waals surface area contributed by atoms with Crippen molar-refractivity contribution in [1.29, 1.82) is 0 Å². The van der Waals surface area contributed by atoms with Gasteiger partial charge in [-0.3, -0.25) is 0 Å². The molecule has 3 nitrogen and oxygen atoms in total. The minimum atomic E-state index is 0.453. The molecule has 1 aromatic heterocycles. The molecule has 1 heterocycles. The Balaban J connectivity index is 2.16. The summed E-state index contributed by atoms with van der Waals surface area (Å²) >= 11 is 7.96. The lowest BCUT2D eigenvalue weighted by molar-refractivity contribution is 0.181. The van der Waals surface area contributed by atoms with Crippen LogP contribution in [0.1, 0.15) is 35.0 Å². The Morgan fingerprint density at radius 3 is 2.76 bits per heavy atom. The van der Waals surface area contributed by atoms with E-state index in [1.807, 2.05) is 24.3 Å². The summed E-state index contributed by atoms with van der Waals surface area (Å²) < 4.78 is 5.25. The lowest BCUT2D eigenvalue weighted by atomic mass is 10.1. The van der Waals surface area contributed by atoms with Crippen molar-refractivity contribution in [2.75, 3.05) is 7.11 Å². The maximum atomic E-state index is 6.22. The molecule has 0 aliphatic heterocycles. The third kappa shape index (κ3) is 4.78. The molecule has 0 aliphatic carbocycles. The van der Waals surface area contributed by atoms with Crippen LogP contribution < -0.4 is 5.32 Å². The maximum absolute atomic E-state index is 6.22. The van der Waals surface area contributed by atoms with Crippen LogP contribution in [-0.4, -0.2) is 18.1 Å². The summed E-state index contributed by atoms with van der Waals surface area (Å²) in [5.74, 6) is 0. The molecule has 2 aromatic rings. The van der Waals surface area contributed by atoms with Crippen LogP contribution in [0.4, 0.5) is 0 Å². The van der Waals surface area contributed by atoms with Gasteiger partial charge in [0.1, 0.15) is 0 Å². The lowest BCUT2D eigenvalue weighted by Crippen LogP contribution is -2.21. The van der Waals surface area contributed by atoms with Gasteiger partial charge in [0.25, 0.3) is 0 Å². The summed E-state index contributed by atoms with van der Waals surface area (Å²) in [6.45, 7) is 5.66. The summed E-state index contributed by atoms with van der Waals surface area (Å²) in [6, 6.07) is 8.37. The summed E-state index contributed by atoms with van der Waals surface area (Å²) in [6.07, 6.45) is 0.767. The number of hydrogen-bond acceptors (Lipinski definition) is 4. The van der Waals surface area contributed by atoms with Crippen molar-refractivity contribution in [1.82, 2.24) is 10.3 Å². The predicted molar refractivity (Wildman–Crippen MR) is 89.1 cm³/mol. The fourth-order valence-corrected chi connectivity index (χ4v) is 3.25. The normalized spacial score (nSPS) is 11.3. The third-order valence-corrected chi connectivity index (χ3v) is 4.54. The summed E-state index contributed by atoms with van der Waals surface area (Å²) in [5.41, 5.74) is 2.14. The first-order valence-electron chi connectivity index (χ1n) is 7.03. The van der Waals surface area contributed by atoms with Gasteiger partial charge in [0.2, 0.25) is 0 Å². The zero-order valence-electron chi connectivity index (χ0n) is 12.6. The highest BCUT2D eigenvalue weighted by molar-refractivity contribution is 7.11. The number of aromatic nitrogens is 1. The van der Waals surface area contributed by atoms with E-state index >= 15 is 0 Å². The van der Waals surface area contributed by atoms with Crippen LogP contribution in [0.3, 0.4) is 0 Å². The standard InChI is InChI=1S/C16H21ClN2OS/c1-11(2)18-9-15-14(10-20-3)19-16(21-15)8-12-6-4-5-7-13(12)17/h4-7,11,18H,8-10H2,1-3H3. The number of nitrogens with one attached hydrogen (secondary N) is 1. The molecule has 0 unspecified atom stereocenters. The fraction of sp³-hybridized carbons (Fsp3) is 0.438. The number of hydrogen-bond donors (Lipinski definition) is 1. The van der Waals surface area contributed by atoms with Gasteiger partial charge in [0.05, 0.1) is 17.3 Å². The number of halogens is 1. The zero-order chi connectivity index (χ0) is 15.2. The van der Waals surface area contributed by atoms with Crippen molar-refractivity contribution in [3.05, 3.63) is 50.4 Å². The minimum absolute atomic E-state index is 0.453. The Hall–Kier alpha value is -0.940. The van der Waals surface area contributed by atoms with Crippen molar-refractivity contribution < 1.29 is 4.74 Å². The van der Waals surface area contributed by atoms with Crippen LogP contribution in [0.5, 0.6) is 0 Å². The molecule has 2 rings (SSSR count). The number of ether oxygens (including phenoxy) is 1. The Kier molecular flexibility index (Phi) is 6.18. The van der Waals surface area contributed by atoms with Gasteiger partial charge in [0, 0.05) is 36.0 Å². The fourth-order valence-electron chi connectivity index (χ4n) is 2.00.